The van der Waals surface area contributed by atoms with Gasteiger partial charge in [-0.2, -0.15) is 0 Å². The minimum absolute atomic E-state index is 0. The molecule has 0 atom stereocenters. The van der Waals surface area contributed by atoms with Crippen LogP contribution in [0.25, 0.3) is 90.9 Å². The minimum Gasteiger partial charge on any atom is -0.657 e. The van der Waals surface area contributed by atoms with Gasteiger partial charge in [0.25, 0.3) is 0 Å². The number of nitrogens with zero attached hydrogens (tertiary/aromatic N) is 4. The SMILES string of the molecule is Oc1cccc(O)c1-c1c2nc(c(-c3c(O)cccc3O)c3ccc([n-]3)c(-c3c(O)cccc3O)c3nc(c(-c4c(O)cccc4O)c4ccc1[n-]4)C=C3)C=C2.[Fe+2]. The van der Waals surface area contributed by atoms with E-state index in [0.29, 0.717) is 0 Å². The molecule has 0 aliphatic carbocycles. The van der Waals surface area contributed by atoms with Crippen LogP contribution in [0, 0.1) is 0 Å². The van der Waals surface area contributed by atoms with Crippen LogP contribution in [0.5, 0.6) is 46.0 Å². The minimum atomic E-state index is -0.270. The number of benzene rings is 4. The third-order valence-electron chi connectivity index (χ3n) is 9.69. The van der Waals surface area contributed by atoms with Crippen LogP contribution in [0.15, 0.2) is 97.1 Å². The van der Waals surface area contributed by atoms with E-state index in [4.69, 9.17) is 19.9 Å². The Labute approximate surface area is 333 Å². The van der Waals surface area contributed by atoms with Crippen LogP contribution in [0.4, 0.5) is 0 Å². The summed E-state index contributed by atoms with van der Waals surface area (Å²) in [5, 5.41) is 89.4. The van der Waals surface area contributed by atoms with E-state index < -0.39 is 0 Å². The maximum Gasteiger partial charge on any atom is 2.00 e. The molecule has 13 heteroatoms. The summed E-state index contributed by atoms with van der Waals surface area (Å²) in [6, 6.07) is 23.7. The number of hydrogen-bond acceptors (Lipinski definition) is 10. The van der Waals surface area contributed by atoms with E-state index >= 15 is 0 Å². The Kier molecular flexibility index (Phi) is 8.88. The Balaban J connectivity index is 0.00000455. The molecule has 0 saturated heterocycles. The fourth-order valence-electron chi connectivity index (χ4n) is 7.25. The number of aromatic hydroxyl groups is 8. The van der Waals surface area contributed by atoms with E-state index in [9.17, 15) is 40.9 Å². The molecule has 2 aliphatic heterocycles. The number of hydrogen-bond donors (Lipinski definition) is 8. The number of rotatable bonds is 4. The van der Waals surface area contributed by atoms with E-state index in [1.807, 2.05) is 0 Å². The average Bonchev–Trinajstić information content (AvgIpc) is 4.00. The predicted octanol–water partition coefficient (Wildman–Crippen LogP) is 8.22. The van der Waals surface area contributed by atoms with Gasteiger partial charge in [-0.3, -0.25) is 0 Å². The molecule has 0 spiro atoms. The Morgan fingerprint density at radius 1 is 0.281 bits per heavy atom. The molecule has 0 saturated carbocycles. The van der Waals surface area contributed by atoms with Crippen molar-refractivity contribution in [2.24, 2.45) is 0 Å². The third kappa shape index (κ3) is 5.94. The molecule has 4 aromatic carbocycles. The topological polar surface area (TPSA) is 216 Å². The first-order chi connectivity index (χ1) is 27.1. The average molecular weight is 797 g/mol. The molecule has 0 unspecified atom stereocenters. The van der Waals surface area contributed by atoms with E-state index in [2.05, 4.69) is 0 Å². The normalized spacial score (nSPS) is 11.8. The summed E-state index contributed by atoms with van der Waals surface area (Å²) in [6.07, 6.45) is 6.52. The van der Waals surface area contributed by atoms with Gasteiger partial charge in [0.1, 0.15) is 46.0 Å². The van der Waals surface area contributed by atoms with Crippen LogP contribution < -0.4 is 9.97 Å². The largest absolute Gasteiger partial charge is 2.00 e. The molecule has 5 heterocycles. The van der Waals surface area contributed by atoms with Gasteiger partial charge in [0, 0.05) is 22.3 Å². The van der Waals surface area contributed by atoms with Crippen LogP contribution >= 0.6 is 0 Å². The van der Waals surface area contributed by atoms with Crippen LogP contribution in [-0.4, -0.2) is 50.8 Å². The first-order valence-corrected chi connectivity index (χ1v) is 17.2. The molecular formula is C44H28FeN4O8. The van der Waals surface area contributed by atoms with Gasteiger partial charge >= 0.3 is 17.1 Å². The number of aromatic nitrogens is 4. The van der Waals surface area contributed by atoms with Crippen LogP contribution in [-0.2, 0) is 17.1 Å². The molecule has 3 aromatic heterocycles. The molecule has 0 fully saturated rings. The summed E-state index contributed by atoms with van der Waals surface area (Å²) in [7, 11) is 0. The Hall–Kier alpha value is -7.60. The van der Waals surface area contributed by atoms with Gasteiger partial charge in [-0.05, 0) is 72.8 Å². The Morgan fingerprint density at radius 3 is 0.667 bits per heavy atom. The first-order valence-electron chi connectivity index (χ1n) is 17.2. The van der Waals surface area contributed by atoms with E-state index in [1.54, 1.807) is 48.6 Å². The first kappa shape index (κ1) is 36.4. The molecule has 8 bridgehead atoms. The van der Waals surface area contributed by atoms with Gasteiger partial charge in [-0.15, -0.1) is 22.1 Å². The molecule has 280 valence electrons. The molecule has 2 aliphatic rings. The van der Waals surface area contributed by atoms with E-state index in [1.165, 1.54) is 72.8 Å². The Bertz CT molecular complexity index is 2560. The van der Waals surface area contributed by atoms with E-state index in [0.717, 1.165) is 0 Å². The monoisotopic (exact) mass is 796 g/mol. The zero-order valence-electron chi connectivity index (χ0n) is 29.3. The second-order valence-corrected chi connectivity index (χ2v) is 13.0. The molecule has 0 radical (unpaired) electrons. The summed E-state index contributed by atoms with van der Waals surface area (Å²) in [5.41, 5.74) is 2.82. The summed E-state index contributed by atoms with van der Waals surface area (Å²) >= 11 is 0. The van der Waals surface area contributed by atoms with Gasteiger partial charge in [0.2, 0.25) is 0 Å². The van der Waals surface area contributed by atoms with Crippen molar-refractivity contribution in [1.82, 2.24) is 19.9 Å². The number of phenolic OH excluding ortho intramolecular Hbond substituents is 8. The van der Waals surface area contributed by atoms with Crippen molar-refractivity contribution in [2.45, 2.75) is 0 Å². The number of fused-ring (bicyclic) bond motifs is 8. The number of phenols is 8. The smallest absolute Gasteiger partial charge is 0.657 e. The van der Waals surface area contributed by atoms with Crippen LogP contribution in [0.2, 0.25) is 0 Å². The van der Waals surface area contributed by atoms with Crippen LogP contribution in [0.1, 0.15) is 22.8 Å². The molecule has 57 heavy (non-hydrogen) atoms. The van der Waals surface area contributed by atoms with Crippen molar-refractivity contribution in [3.8, 4) is 90.5 Å². The van der Waals surface area contributed by atoms with Crippen molar-refractivity contribution in [2.75, 3.05) is 0 Å². The molecule has 12 nitrogen and oxygen atoms in total. The predicted molar refractivity (Wildman–Crippen MR) is 212 cm³/mol. The van der Waals surface area contributed by atoms with Gasteiger partial charge in [-0.25, -0.2) is 9.97 Å². The summed E-state index contributed by atoms with van der Waals surface area (Å²) in [6.45, 7) is 0. The summed E-state index contributed by atoms with van der Waals surface area (Å²) in [5.74, 6) is -2.16. The van der Waals surface area contributed by atoms with Gasteiger partial charge in [-0.1, -0.05) is 48.5 Å². The zero-order valence-corrected chi connectivity index (χ0v) is 30.4. The maximum absolute atomic E-state index is 11.2. The molecule has 9 rings (SSSR count). The zero-order chi connectivity index (χ0) is 38.8. The molecule has 0 amide bonds. The standard InChI is InChI=1S/C44H28N4O8.Fe/c49-29-5-1-6-30(50)41(29)37-21-13-15-23(45-21)38(42-31(51)7-2-8-32(42)52)25-17-19-27(47-25)40(44-35(55)11-4-12-36(44)56)28-20-18-26(48-28)39(24-16-14-22(37)46-24)43-33(53)9-3-10-34(43)54;/h1-20H,(H8-2,45,46,47,48,49,50,51,52,53,54,55,56);/q-2;+2. The fraction of sp³-hybridized carbons (Fsp3) is 0. The van der Waals surface area contributed by atoms with E-state index in [-0.39, 0.29) is 152 Å². The quantitative estimate of drug-likeness (QED) is 0.0791. The van der Waals surface area contributed by atoms with Crippen LogP contribution in [0.3, 0.4) is 0 Å². The third-order valence-corrected chi connectivity index (χ3v) is 9.69. The van der Waals surface area contributed by atoms with Crippen molar-refractivity contribution in [3.63, 3.8) is 0 Å². The molecular weight excluding hydrogens is 768 g/mol. The fourth-order valence-corrected chi connectivity index (χ4v) is 7.25. The van der Waals surface area contributed by atoms with Crippen molar-refractivity contribution in [3.05, 3.63) is 120 Å². The van der Waals surface area contributed by atoms with Crippen molar-refractivity contribution >= 4 is 46.4 Å². The van der Waals surface area contributed by atoms with Crippen molar-refractivity contribution < 1.29 is 57.9 Å². The van der Waals surface area contributed by atoms with Crippen molar-refractivity contribution in [1.29, 1.82) is 0 Å². The second kappa shape index (κ2) is 13.9. The van der Waals surface area contributed by atoms with Gasteiger partial charge in [0.15, 0.2) is 0 Å². The second-order valence-electron chi connectivity index (χ2n) is 13.0. The maximum atomic E-state index is 11.2. The molecule has 7 aromatic rings. The van der Waals surface area contributed by atoms with Gasteiger partial charge < -0.3 is 50.8 Å². The molecule has 8 N–H and O–H groups in total. The summed E-state index contributed by atoms with van der Waals surface area (Å²) in [4.78, 5) is 19.7. The summed E-state index contributed by atoms with van der Waals surface area (Å²) < 4.78 is 0. The Morgan fingerprint density at radius 2 is 0.474 bits per heavy atom. The van der Waals surface area contributed by atoms with Gasteiger partial charge in [0.05, 0.1) is 45.0 Å².